The Labute approximate surface area is 95.8 Å². The fourth-order valence-electron chi connectivity index (χ4n) is 1.10. The molecule has 0 bridgehead atoms. The average molecular weight is 235 g/mol. The third-order valence-corrected chi connectivity index (χ3v) is 2.67. The third kappa shape index (κ3) is 7.64. The molecule has 1 unspecified atom stereocenters. The van der Waals surface area contributed by atoms with Crippen LogP contribution < -0.4 is 5.32 Å². The second-order valence-corrected chi connectivity index (χ2v) is 4.57. The van der Waals surface area contributed by atoms with Crippen molar-refractivity contribution in [2.75, 3.05) is 24.7 Å². The highest BCUT2D eigenvalue weighted by molar-refractivity contribution is 7.99. The molecule has 0 saturated heterocycles. The molecular weight excluding hydrogens is 214 g/mol. The van der Waals surface area contributed by atoms with Crippen LogP contribution in [0.3, 0.4) is 0 Å². The Morgan fingerprint density at radius 2 is 2.20 bits per heavy atom. The molecule has 0 aromatic rings. The number of hydrogen-bond donors (Lipinski definition) is 2. The number of nitrogens with one attached hydrogen (secondary N) is 1. The smallest absolute Gasteiger partial charge is 0.323 e. The Hall–Kier alpha value is -0.260. The van der Waals surface area contributed by atoms with Crippen LogP contribution in [-0.4, -0.2) is 47.9 Å². The highest BCUT2D eigenvalue weighted by Gasteiger charge is 2.19. The molecule has 0 rings (SSSR count). The van der Waals surface area contributed by atoms with Crippen molar-refractivity contribution >= 4 is 17.7 Å². The minimum atomic E-state index is -0.276. The Morgan fingerprint density at radius 3 is 2.67 bits per heavy atom. The SMILES string of the molecule is CCOC(=O)C(CSCCO)NC(C)C. The van der Waals surface area contributed by atoms with E-state index in [2.05, 4.69) is 5.32 Å². The van der Waals surface area contributed by atoms with Crippen LogP contribution in [0.1, 0.15) is 20.8 Å². The number of thioether (sulfide) groups is 1. The third-order valence-electron chi connectivity index (χ3n) is 1.63. The van der Waals surface area contributed by atoms with E-state index in [1.165, 1.54) is 0 Å². The van der Waals surface area contributed by atoms with Gasteiger partial charge in [-0.05, 0) is 6.92 Å². The van der Waals surface area contributed by atoms with E-state index in [0.29, 0.717) is 18.1 Å². The minimum Gasteiger partial charge on any atom is -0.465 e. The second kappa shape index (κ2) is 9.00. The summed E-state index contributed by atoms with van der Waals surface area (Å²) in [6.07, 6.45) is 0. The summed E-state index contributed by atoms with van der Waals surface area (Å²) in [5.74, 6) is 1.07. The number of hydrogen-bond acceptors (Lipinski definition) is 5. The molecule has 0 aliphatic heterocycles. The summed E-state index contributed by atoms with van der Waals surface area (Å²) in [6, 6.07) is -0.0318. The van der Waals surface area contributed by atoms with Crippen LogP contribution in [-0.2, 0) is 9.53 Å². The van der Waals surface area contributed by atoms with Gasteiger partial charge in [0.2, 0.25) is 0 Å². The van der Waals surface area contributed by atoms with Crippen LogP contribution in [0.2, 0.25) is 0 Å². The maximum absolute atomic E-state index is 11.5. The van der Waals surface area contributed by atoms with Crippen LogP contribution in [0.25, 0.3) is 0 Å². The standard InChI is InChI=1S/C10H21NO3S/c1-4-14-10(13)9(11-8(2)3)7-15-6-5-12/h8-9,11-12H,4-7H2,1-3H3. The van der Waals surface area contributed by atoms with E-state index in [9.17, 15) is 4.79 Å². The number of rotatable bonds is 8. The van der Waals surface area contributed by atoms with Crippen molar-refractivity contribution in [2.24, 2.45) is 0 Å². The van der Waals surface area contributed by atoms with Gasteiger partial charge < -0.3 is 15.2 Å². The Bertz CT molecular complexity index is 176. The Balaban J connectivity index is 3.99. The molecule has 0 aliphatic rings. The first kappa shape index (κ1) is 14.7. The second-order valence-electron chi connectivity index (χ2n) is 3.42. The van der Waals surface area contributed by atoms with E-state index >= 15 is 0 Å². The van der Waals surface area contributed by atoms with Gasteiger partial charge in [0.25, 0.3) is 0 Å². The molecule has 4 nitrogen and oxygen atoms in total. The fraction of sp³-hybridized carbons (Fsp3) is 0.900. The number of ether oxygens (including phenoxy) is 1. The number of carbonyl (C=O) groups excluding carboxylic acids is 1. The number of carbonyl (C=O) groups is 1. The molecular formula is C10H21NO3S. The van der Waals surface area contributed by atoms with Crippen LogP contribution in [0.15, 0.2) is 0 Å². The van der Waals surface area contributed by atoms with Gasteiger partial charge in [0, 0.05) is 17.5 Å². The molecule has 0 saturated carbocycles. The molecule has 0 fully saturated rings. The summed E-state index contributed by atoms with van der Waals surface area (Å²) < 4.78 is 4.96. The molecule has 0 radical (unpaired) electrons. The lowest BCUT2D eigenvalue weighted by Gasteiger charge is -2.19. The van der Waals surface area contributed by atoms with Gasteiger partial charge >= 0.3 is 5.97 Å². The molecule has 2 N–H and O–H groups in total. The molecule has 0 aromatic carbocycles. The molecule has 15 heavy (non-hydrogen) atoms. The van der Waals surface area contributed by atoms with Gasteiger partial charge in [-0.15, -0.1) is 0 Å². The quantitative estimate of drug-likeness (QED) is 0.478. The normalized spacial score (nSPS) is 12.9. The van der Waals surface area contributed by atoms with E-state index in [1.54, 1.807) is 18.7 Å². The van der Waals surface area contributed by atoms with E-state index < -0.39 is 0 Å². The number of aliphatic hydroxyl groups is 1. The molecule has 0 heterocycles. The zero-order chi connectivity index (χ0) is 11.7. The van der Waals surface area contributed by atoms with Crippen molar-refractivity contribution in [3.05, 3.63) is 0 Å². The van der Waals surface area contributed by atoms with Crippen molar-refractivity contribution in [1.82, 2.24) is 5.32 Å². The van der Waals surface area contributed by atoms with E-state index in [-0.39, 0.29) is 24.7 Å². The monoisotopic (exact) mass is 235 g/mol. The fourth-order valence-corrected chi connectivity index (χ4v) is 1.86. The van der Waals surface area contributed by atoms with Gasteiger partial charge in [0.05, 0.1) is 13.2 Å². The average Bonchev–Trinajstić information content (AvgIpc) is 2.16. The van der Waals surface area contributed by atoms with Gasteiger partial charge in [-0.25, -0.2) is 0 Å². The zero-order valence-electron chi connectivity index (χ0n) is 9.66. The molecule has 0 amide bonds. The van der Waals surface area contributed by atoms with Crippen LogP contribution in [0, 0.1) is 0 Å². The summed E-state index contributed by atoms with van der Waals surface area (Å²) in [5, 5.41) is 11.8. The lowest BCUT2D eigenvalue weighted by molar-refractivity contribution is -0.145. The van der Waals surface area contributed by atoms with Gasteiger partial charge in [-0.1, -0.05) is 13.8 Å². The first-order chi connectivity index (χ1) is 7.11. The largest absolute Gasteiger partial charge is 0.465 e. The molecule has 5 heteroatoms. The van der Waals surface area contributed by atoms with E-state index in [1.807, 2.05) is 13.8 Å². The summed E-state index contributed by atoms with van der Waals surface area (Å²) in [5.41, 5.74) is 0. The number of esters is 1. The lowest BCUT2D eigenvalue weighted by Crippen LogP contribution is -2.43. The highest BCUT2D eigenvalue weighted by atomic mass is 32.2. The Kier molecular flexibility index (Phi) is 8.85. The first-order valence-corrected chi connectivity index (χ1v) is 6.38. The topological polar surface area (TPSA) is 58.6 Å². The molecule has 0 aliphatic carbocycles. The van der Waals surface area contributed by atoms with Crippen molar-refractivity contribution in [2.45, 2.75) is 32.9 Å². The first-order valence-electron chi connectivity index (χ1n) is 5.23. The molecule has 1 atom stereocenters. The van der Waals surface area contributed by atoms with Gasteiger partial charge in [-0.2, -0.15) is 11.8 Å². The van der Waals surface area contributed by atoms with Crippen LogP contribution in [0.4, 0.5) is 0 Å². The van der Waals surface area contributed by atoms with E-state index in [0.717, 1.165) is 0 Å². The molecule has 0 spiro atoms. The lowest BCUT2D eigenvalue weighted by atomic mass is 10.3. The van der Waals surface area contributed by atoms with Crippen LogP contribution >= 0.6 is 11.8 Å². The zero-order valence-corrected chi connectivity index (χ0v) is 10.5. The number of aliphatic hydroxyl groups excluding tert-OH is 1. The van der Waals surface area contributed by atoms with Crippen molar-refractivity contribution in [3.63, 3.8) is 0 Å². The summed E-state index contributed by atoms with van der Waals surface area (Å²) >= 11 is 1.54. The predicted molar refractivity (Wildman–Crippen MR) is 63.1 cm³/mol. The molecule has 90 valence electrons. The van der Waals surface area contributed by atoms with Crippen LogP contribution in [0.5, 0.6) is 0 Å². The molecule has 0 aromatic heterocycles. The maximum Gasteiger partial charge on any atom is 0.323 e. The van der Waals surface area contributed by atoms with E-state index in [4.69, 9.17) is 9.84 Å². The summed E-state index contributed by atoms with van der Waals surface area (Å²) in [4.78, 5) is 11.5. The highest BCUT2D eigenvalue weighted by Crippen LogP contribution is 2.04. The van der Waals surface area contributed by atoms with Gasteiger partial charge in [0.15, 0.2) is 0 Å². The summed E-state index contributed by atoms with van der Waals surface area (Å²) in [6.45, 7) is 6.32. The predicted octanol–water partition coefficient (Wildman–Crippen LogP) is 0.642. The summed E-state index contributed by atoms with van der Waals surface area (Å²) in [7, 11) is 0. The maximum atomic E-state index is 11.5. The van der Waals surface area contributed by atoms with Crippen molar-refractivity contribution in [1.29, 1.82) is 0 Å². The van der Waals surface area contributed by atoms with Gasteiger partial charge in [0.1, 0.15) is 6.04 Å². The van der Waals surface area contributed by atoms with Crippen molar-refractivity contribution in [3.8, 4) is 0 Å². The minimum absolute atomic E-state index is 0.141. The van der Waals surface area contributed by atoms with Gasteiger partial charge in [-0.3, -0.25) is 4.79 Å². The van der Waals surface area contributed by atoms with Crippen molar-refractivity contribution < 1.29 is 14.6 Å². The Morgan fingerprint density at radius 1 is 1.53 bits per heavy atom.